The second-order valence-corrected chi connectivity index (χ2v) is 11.9. The molecule has 0 saturated carbocycles. The molecule has 0 spiro atoms. The van der Waals surface area contributed by atoms with Gasteiger partial charge < -0.3 is 9.97 Å². The van der Waals surface area contributed by atoms with E-state index in [-0.39, 0.29) is 23.7 Å². The van der Waals surface area contributed by atoms with Crippen LogP contribution in [-0.2, 0) is 0 Å². The molecule has 0 radical (unpaired) electrons. The maximum atomic E-state index is 14.5. The zero-order valence-electron chi connectivity index (χ0n) is 24.7. The number of nitrogens with zero attached hydrogens (tertiary/aromatic N) is 2. The van der Waals surface area contributed by atoms with Crippen molar-refractivity contribution in [2.75, 3.05) is 28.2 Å². The number of rotatable bonds is 6. The van der Waals surface area contributed by atoms with E-state index in [4.69, 9.17) is 23.2 Å². The Bertz CT molecular complexity index is 1860. The lowest BCUT2D eigenvalue weighted by Crippen LogP contribution is -2.23. The minimum absolute atomic E-state index is 0.168. The highest BCUT2D eigenvalue weighted by Crippen LogP contribution is 2.39. The van der Waals surface area contributed by atoms with Crippen molar-refractivity contribution in [3.05, 3.63) is 141 Å². The monoisotopic (exact) mass is 618 g/mol. The third kappa shape index (κ3) is 6.20. The molecule has 43 heavy (non-hydrogen) atoms. The Hall–Kier alpha value is -3.68. The van der Waals surface area contributed by atoms with Crippen LogP contribution in [0.15, 0.2) is 91.1 Å². The van der Waals surface area contributed by atoms with Gasteiger partial charge in [-0.1, -0.05) is 65.7 Å². The van der Waals surface area contributed by atoms with Gasteiger partial charge in [-0.2, -0.15) is 0 Å². The molecular formula is C35H34Cl2F2N4. The Morgan fingerprint density at radius 3 is 2.02 bits per heavy atom. The summed E-state index contributed by atoms with van der Waals surface area (Å²) in [5.41, 5.74) is 6.33. The molecule has 2 atom stereocenters. The Morgan fingerprint density at radius 2 is 1.33 bits per heavy atom. The van der Waals surface area contributed by atoms with E-state index in [1.165, 1.54) is 12.1 Å². The third-order valence-corrected chi connectivity index (χ3v) is 8.26. The molecule has 2 aromatic heterocycles. The molecule has 0 aliphatic heterocycles. The van der Waals surface area contributed by atoms with E-state index in [0.29, 0.717) is 21.2 Å². The molecule has 0 bridgehead atoms. The minimum Gasteiger partial charge on any atom is -0.361 e. The first-order chi connectivity index (χ1) is 20.6. The van der Waals surface area contributed by atoms with Gasteiger partial charge >= 0.3 is 0 Å². The highest BCUT2D eigenvalue weighted by Gasteiger charge is 2.27. The molecule has 2 unspecified atom stereocenters. The number of aromatic amines is 2. The number of benzene rings is 4. The predicted molar refractivity (Wildman–Crippen MR) is 175 cm³/mol. The van der Waals surface area contributed by atoms with Crippen LogP contribution in [0, 0.1) is 18.6 Å². The Balaban J connectivity index is 0.000000171. The maximum Gasteiger partial charge on any atom is 0.129 e. The van der Waals surface area contributed by atoms with Crippen LogP contribution in [0.5, 0.6) is 0 Å². The van der Waals surface area contributed by atoms with E-state index in [2.05, 4.69) is 16.0 Å². The highest BCUT2D eigenvalue weighted by molar-refractivity contribution is 6.31. The maximum absolute atomic E-state index is 14.5. The van der Waals surface area contributed by atoms with Gasteiger partial charge in [0.15, 0.2) is 0 Å². The summed E-state index contributed by atoms with van der Waals surface area (Å²) in [4.78, 5) is 10.6. The summed E-state index contributed by atoms with van der Waals surface area (Å²) in [5.74, 6) is -0.483. The highest BCUT2D eigenvalue weighted by atomic mass is 35.5. The van der Waals surface area contributed by atoms with Crippen LogP contribution < -0.4 is 0 Å². The molecule has 222 valence electrons. The number of H-pyrrole nitrogens is 2. The van der Waals surface area contributed by atoms with Crippen LogP contribution in [0.4, 0.5) is 8.78 Å². The van der Waals surface area contributed by atoms with Crippen molar-refractivity contribution in [1.29, 1.82) is 0 Å². The van der Waals surface area contributed by atoms with Gasteiger partial charge in [0.05, 0.1) is 12.1 Å². The number of halogens is 4. The molecule has 0 aliphatic carbocycles. The predicted octanol–water partition coefficient (Wildman–Crippen LogP) is 9.53. The normalized spacial score (nSPS) is 13.0. The topological polar surface area (TPSA) is 38.1 Å². The van der Waals surface area contributed by atoms with E-state index in [9.17, 15) is 8.78 Å². The fourth-order valence-corrected chi connectivity index (χ4v) is 6.28. The van der Waals surface area contributed by atoms with E-state index in [0.717, 1.165) is 38.6 Å². The molecule has 0 amide bonds. The zero-order chi connectivity index (χ0) is 30.8. The number of hydrogen-bond acceptors (Lipinski definition) is 2. The SMILES string of the molecule is CN(C)C(c1ccccc1F)c1c[nH]c2ccc(Cl)cc12.Cc1[nH]c2ccccc2c1C(c1c(F)cccc1Cl)N(C)C. The van der Waals surface area contributed by atoms with Crippen molar-refractivity contribution in [1.82, 2.24) is 19.8 Å². The molecule has 0 saturated heterocycles. The number of hydrogen-bond donors (Lipinski definition) is 2. The number of para-hydroxylation sites is 1. The van der Waals surface area contributed by atoms with Crippen LogP contribution in [0.1, 0.15) is 40.0 Å². The summed E-state index contributed by atoms with van der Waals surface area (Å²) in [7, 11) is 7.77. The number of aryl methyl sites for hydroxylation is 1. The van der Waals surface area contributed by atoms with Crippen molar-refractivity contribution < 1.29 is 8.78 Å². The van der Waals surface area contributed by atoms with Crippen molar-refractivity contribution >= 4 is 45.0 Å². The molecule has 8 heteroatoms. The number of aromatic nitrogens is 2. The average molecular weight is 620 g/mol. The summed E-state index contributed by atoms with van der Waals surface area (Å²) in [6.45, 7) is 2.01. The summed E-state index contributed by atoms with van der Waals surface area (Å²) in [6.07, 6.45) is 1.93. The van der Waals surface area contributed by atoms with Gasteiger partial charge in [0.1, 0.15) is 11.6 Å². The summed E-state index contributed by atoms with van der Waals surface area (Å²) in [6, 6.07) is 25.1. The molecule has 6 aromatic rings. The van der Waals surface area contributed by atoms with Crippen LogP contribution in [0.2, 0.25) is 10.0 Å². The smallest absolute Gasteiger partial charge is 0.129 e. The van der Waals surface area contributed by atoms with Crippen LogP contribution >= 0.6 is 23.2 Å². The molecular weight excluding hydrogens is 585 g/mol. The van der Waals surface area contributed by atoms with E-state index in [1.54, 1.807) is 18.2 Å². The number of nitrogens with one attached hydrogen (secondary N) is 2. The van der Waals surface area contributed by atoms with Crippen molar-refractivity contribution in [3.8, 4) is 0 Å². The summed E-state index contributed by atoms with van der Waals surface area (Å²) >= 11 is 12.4. The van der Waals surface area contributed by atoms with E-state index >= 15 is 0 Å². The van der Waals surface area contributed by atoms with Gasteiger partial charge in [-0.3, -0.25) is 9.80 Å². The molecule has 4 aromatic carbocycles. The van der Waals surface area contributed by atoms with Crippen LogP contribution in [-0.4, -0.2) is 48.0 Å². The molecule has 0 fully saturated rings. The van der Waals surface area contributed by atoms with E-state index in [1.807, 2.05) is 99.6 Å². The van der Waals surface area contributed by atoms with E-state index < -0.39 is 0 Å². The Labute approximate surface area is 260 Å². The van der Waals surface area contributed by atoms with Gasteiger partial charge in [-0.15, -0.1) is 0 Å². The molecule has 2 N–H and O–H groups in total. The zero-order valence-corrected chi connectivity index (χ0v) is 26.2. The quantitative estimate of drug-likeness (QED) is 0.195. The van der Waals surface area contributed by atoms with Gasteiger partial charge in [0, 0.05) is 60.4 Å². The summed E-state index contributed by atoms with van der Waals surface area (Å²) in [5, 5.41) is 3.24. The lowest BCUT2D eigenvalue weighted by atomic mass is 9.94. The standard InChI is InChI=1S/C18H18ClFN2.C17H16ClFN2/c1-11-16(12-7-4-5-10-15(12)21-11)18(22(2)3)17-13(19)8-6-9-14(17)20;1-21(2)17(12-5-3-4-6-15(12)19)14-10-20-16-8-7-11(18)9-13(14)16/h4-10,18,21H,1-3H3;3-10,17,20H,1-2H3. The van der Waals surface area contributed by atoms with Gasteiger partial charge in [-0.05, 0) is 83.1 Å². The number of fused-ring (bicyclic) bond motifs is 2. The molecule has 4 nitrogen and oxygen atoms in total. The second kappa shape index (κ2) is 12.9. The first kappa shape index (κ1) is 30.8. The Morgan fingerprint density at radius 1 is 0.651 bits per heavy atom. The fraction of sp³-hybridized carbons (Fsp3) is 0.200. The third-order valence-electron chi connectivity index (χ3n) is 7.69. The van der Waals surface area contributed by atoms with Crippen LogP contribution in [0.3, 0.4) is 0 Å². The Kier molecular flexibility index (Phi) is 9.23. The average Bonchev–Trinajstić information content (AvgIpc) is 3.52. The summed E-state index contributed by atoms with van der Waals surface area (Å²) < 4.78 is 28.7. The van der Waals surface area contributed by atoms with Gasteiger partial charge in [0.2, 0.25) is 0 Å². The lowest BCUT2D eigenvalue weighted by Gasteiger charge is -2.27. The van der Waals surface area contributed by atoms with Crippen LogP contribution in [0.25, 0.3) is 21.8 Å². The molecule has 6 rings (SSSR count). The first-order valence-electron chi connectivity index (χ1n) is 13.9. The fourth-order valence-electron chi connectivity index (χ4n) is 5.84. The molecule has 2 heterocycles. The minimum atomic E-state index is -0.282. The second-order valence-electron chi connectivity index (χ2n) is 11.0. The lowest BCUT2D eigenvalue weighted by molar-refractivity contribution is 0.334. The van der Waals surface area contributed by atoms with Crippen molar-refractivity contribution in [2.24, 2.45) is 0 Å². The first-order valence-corrected chi connectivity index (χ1v) is 14.7. The van der Waals surface area contributed by atoms with Gasteiger partial charge in [-0.25, -0.2) is 8.78 Å². The van der Waals surface area contributed by atoms with Crippen molar-refractivity contribution in [3.63, 3.8) is 0 Å². The largest absolute Gasteiger partial charge is 0.361 e. The molecule has 0 aliphatic rings. The van der Waals surface area contributed by atoms with Gasteiger partial charge in [0.25, 0.3) is 0 Å². The van der Waals surface area contributed by atoms with Crippen molar-refractivity contribution in [2.45, 2.75) is 19.0 Å².